The highest BCUT2D eigenvalue weighted by molar-refractivity contribution is 7.98. The molecule has 40 heteroatoms. The fourth-order valence-electron chi connectivity index (χ4n) is 8.59. The van der Waals surface area contributed by atoms with Crippen LogP contribution in [0.25, 0.3) is 0 Å². The van der Waals surface area contributed by atoms with E-state index in [0.717, 1.165) is 27.7 Å². The quantitative estimate of drug-likeness (QED) is 0.0269. The van der Waals surface area contributed by atoms with Crippen LogP contribution in [0, 0.1) is 11.8 Å². The molecule has 0 unspecified atom stereocenters. The van der Waals surface area contributed by atoms with Crippen LogP contribution < -0.4 is 86.3 Å². The number of hydrogen-bond donors (Lipinski definition) is 21. The molecule has 38 nitrogen and oxygen atoms in total. The second-order valence-corrected chi connectivity index (χ2v) is 25.6. The summed E-state index contributed by atoms with van der Waals surface area (Å²) in [5, 5.41) is 80.4. The third-order valence-electron chi connectivity index (χ3n) is 14.8. The van der Waals surface area contributed by atoms with Crippen LogP contribution in [0.3, 0.4) is 0 Å². The Kier molecular flexibility index (Phi) is 41.3. The number of carbonyl (C=O) groups is 17. The smallest absolute Gasteiger partial charge is 0.326 e. The van der Waals surface area contributed by atoms with E-state index < -0.39 is 241 Å². The summed E-state index contributed by atoms with van der Waals surface area (Å²) in [5.41, 5.74) is 16.3. The first-order valence-corrected chi connectivity index (χ1v) is 34.0. The van der Waals surface area contributed by atoms with Crippen molar-refractivity contribution in [1.82, 2.24) is 69.1 Å². The van der Waals surface area contributed by atoms with Crippen molar-refractivity contribution < 1.29 is 107 Å². The second-order valence-electron chi connectivity index (χ2n) is 23.6. The molecule has 0 aromatic heterocycles. The van der Waals surface area contributed by atoms with Crippen molar-refractivity contribution in [2.75, 3.05) is 30.6 Å². The molecule has 0 aliphatic heterocycles. The second kappa shape index (κ2) is 45.2. The standard InChI is InChI=1S/C58H100N16O22S2/c1-13-25(4)42(55(92)68-35(58(95)96)19-21-98-12)72-57(94)44(31(10)77)73-48(85)29(8)64-56(93)43(30(9)76)74-52(89)36(22-39(61)79)69-47(84)28(7)63-54(91)41(24(2)3)71-51(88)32(14-16-38(60)78)67-53(90)37(23-75)70-50(87)34(18-20-97-11)66-46(83)27(6)62-49(86)33(15-17-40(80)81)65-45(82)26(5)59/h24-37,41-44,75-77H,13-23,59H2,1-12H3,(H2,60,78)(H2,61,79)(H,62,86)(H,63,91)(H,64,93)(H,65,82)(H,66,83)(H,67,90)(H,68,92)(H,69,84)(H,70,87)(H,71,88)(H,72,94)(H,73,85)(H,74,89)(H,80,81)(H,95,96)/t25-,26-,27-,28-,29-,30+,31+,32-,33-,34-,35-,36-,37-,41-,42-,43-,44-/m0/s1. The summed E-state index contributed by atoms with van der Waals surface area (Å²) in [7, 11) is 0. The maximum atomic E-state index is 13.9. The molecule has 0 aromatic rings. The number of nitrogens with one attached hydrogen (secondary N) is 13. The molecule has 0 radical (unpaired) electrons. The van der Waals surface area contributed by atoms with Gasteiger partial charge in [-0.3, -0.25) is 76.7 Å². The Morgan fingerprint density at radius 2 is 0.704 bits per heavy atom. The summed E-state index contributed by atoms with van der Waals surface area (Å²) in [6.07, 6.45) is -2.59. The van der Waals surface area contributed by atoms with Gasteiger partial charge in [0.2, 0.25) is 88.6 Å². The van der Waals surface area contributed by atoms with E-state index in [-0.39, 0.29) is 25.0 Å². The normalized spacial score (nSPS) is 16.3. The number of carboxylic acids is 2. The molecule has 0 rings (SSSR count). The van der Waals surface area contributed by atoms with Gasteiger partial charge in [-0.2, -0.15) is 23.5 Å². The molecule has 0 aromatic carbocycles. The molecule has 17 atom stereocenters. The van der Waals surface area contributed by atoms with Crippen LogP contribution in [0.4, 0.5) is 0 Å². The fraction of sp³-hybridized carbons (Fsp3) is 0.707. The average molecular weight is 1440 g/mol. The van der Waals surface area contributed by atoms with E-state index in [9.17, 15) is 102 Å². The Hall–Kier alpha value is -8.47. The van der Waals surface area contributed by atoms with Crippen molar-refractivity contribution in [2.45, 2.75) is 217 Å². The lowest BCUT2D eigenvalue weighted by Gasteiger charge is -2.29. The summed E-state index contributed by atoms with van der Waals surface area (Å²) in [4.78, 5) is 223. The van der Waals surface area contributed by atoms with Gasteiger partial charge >= 0.3 is 11.9 Å². The van der Waals surface area contributed by atoms with Crippen molar-refractivity contribution in [1.29, 1.82) is 0 Å². The fourth-order valence-corrected chi connectivity index (χ4v) is 9.53. The highest BCUT2D eigenvalue weighted by Gasteiger charge is 2.39. The summed E-state index contributed by atoms with van der Waals surface area (Å²) in [6.45, 7) is 12.1. The number of carboxylic acid groups (broad SMARTS) is 2. The lowest BCUT2D eigenvalue weighted by molar-refractivity contribution is -0.143. The van der Waals surface area contributed by atoms with Crippen LogP contribution in [0.5, 0.6) is 0 Å². The lowest BCUT2D eigenvalue weighted by atomic mass is 9.97. The number of aliphatic hydroxyl groups is 3. The Morgan fingerprint density at radius 3 is 1.13 bits per heavy atom. The van der Waals surface area contributed by atoms with Crippen LogP contribution in [0.1, 0.15) is 121 Å². The molecule has 0 saturated heterocycles. The molecular formula is C58H100N16O22S2. The van der Waals surface area contributed by atoms with E-state index in [0.29, 0.717) is 12.2 Å². The number of carbonyl (C=O) groups excluding carboxylic acids is 15. The van der Waals surface area contributed by atoms with E-state index >= 15 is 0 Å². The van der Waals surface area contributed by atoms with Crippen LogP contribution in [0.2, 0.25) is 0 Å². The van der Waals surface area contributed by atoms with Crippen molar-refractivity contribution in [3.63, 3.8) is 0 Å². The molecule has 0 fully saturated rings. The van der Waals surface area contributed by atoms with Gasteiger partial charge in [-0.1, -0.05) is 34.1 Å². The number of amides is 15. The third-order valence-corrected chi connectivity index (χ3v) is 16.0. The molecule has 0 aliphatic carbocycles. The molecule has 98 heavy (non-hydrogen) atoms. The van der Waals surface area contributed by atoms with Gasteiger partial charge in [0.25, 0.3) is 0 Å². The zero-order chi connectivity index (χ0) is 75.6. The van der Waals surface area contributed by atoms with Crippen molar-refractivity contribution in [3.05, 3.63) is 0 Å². The maximum Gasteiger partial charge on any atom is 0.326 e. The summed E-state index contributed by atoms with van der Waals surface area (Å²) in [6, 6.07) is -21.9. The van der Waals surface area contributed by atoms with E-state index in [1.165, 1.54) is 51.2 Å². The molecule has 0 heterocycles. The van der Waals surface area contributed by atoms with Gasteiger partial charge in [0, 0.05) is 12.8 Å². The van der Waals surface area contributed by atoms with Crippen LogP contribution in [0.15, 0.2) is 0 Å². The van der Waals surface area contributed by atoms with Crippen molar-refractivity contribution in [2.24, 2.45) is 29.0 Å². The summed E-state index contributed by atoms with van der Waals surface area (Å²) >= 11 is 2.60. The van der Waals surface area contributed by atoms with Crippen LogP contribution >= 0.6 is 23.5 Å². The van der Waals surface area contributed by atoms with Gasteiger partial charge in [0.05, 0.1) is 31.3 Å². The SMILES string of the molecule is CC[C@H](C)[C@H](NC(=O)[C@@H](NC(=O)[C@H](C)NC(=O)[C@@H](NC(=O)[C@H](CC(N)=O)NC(=O)[C@H](C)NC(=O)[C@@H](NC(=O)[C@H](CCC(N)=O)NC(=O)[C@H](CO)NC(=O)[C@H](CCSC)NC(=O)[C@H](C)NC(=O)[C@H](CCC(=O)O)NC(=O)[C@H](C)N)C(C)C)[C@@H](C)O)[C@@H](C)O)C(=O)N[C@@H](CCSC)C(=O)O. The highest BCUT2D eigenvalue weighted by Crippen LogP contribution is 2.13. The first kappa shape index (κ1) is 89.5. The summed E-state index contributed by atoms with van der Waals surface area (Å²) < 4.78 is 0. The first-order chi connectivity index (χ1) is 45.6. The number of hydrogen-bond acceptors (Lipinski definition) is 23. The number of thioether (sulfide) groups is 2. The Morgan fingerprint density at radius 1 is 0.378 bits per heavy atom. The Labute approximate surface area is 575 Å². The third kappa shape index (κ3) is 32.7. The zero-order valence-corrected chi connectivity index (χ0v) is 58.5. The molecule has 0 spiro atoms. The monoisotopic (exact) mass is 1440 g/mol. The minimum absolute atomic E-state index is 0.0671. The predicted octanol–water partition coefficient (Wildman–Crippen LogP) is -8.25. The number of rotatable bonds is 47. The molecular weight excluding hydrogens is 1340 g/mol. The first-order valence-electron chi connectivity index (χ1n) is 31.3. The molecule has 0 aliphatic rings. The average Bonchev–Trinajstić information content (AvgIpc) is 0.875. The van der Waals surface area contributed by atoms with Gasteiger partial charge in [0.1, 0.15) is 78.5 Å². The highest BCUT2D eigenvalue weighted by atomic mass is 32.2. The van der Waals surface area contributed by atoms with E-state index in [4.69, 9.17) is 22.3 Å². The van der Waals surface area contributed by atoms with Gasteiger partial charge < -0.3 is 112 Å². The molecule has 556 valence electrons. The van der Waals surface area contributed by atoms with Crippen LogP contribution in [-0.4, -0.2) is 253 Å². The van der Waals surface area contributed by atoms with Crippen molar-refractivity contribution >= 4 is 124 Å². The topological polar surface area (TPSA) is 626 Å². The zero-order valence-electron chi connectivity index (χ0n) is 56.9. The maximum absolute atomic E-state index is 13.9. The van der Waals surface area contributed by atoms with Crippen molar-refractivity contribution in [3.8, 4) is 0 Å². The molecule has 0 saturated carbocycles. The molecule has 0 bridgehead atoms. The molecule has 15 amide bonds. The number of nitrogens with two attached hydrogens (primary N) is 3. The van der Waals surface area contributed by atoms with Gasteiger partial charge in [-0.15, -0.1) is 0 Å². The summed E-state index contributed by atoms with van der Waals surface area (Å²) in [5.74, 6) is -19.3. The van der Waals surface area contributed by atoms with Gasteiger partial charge in [-0.25, -0.2) is 4.79 Å². The van der Waals surface area contributed by atoms with Crippen LogP contribution in [-0.2, 0) is 81.5 Å². The van der Waals surface area contributed by atoms with E-state index in [1.54, 1.807) is 26.4 Å². The van der Waals surface area contributed by atoms with Gasteiger partial charge in [0.15, 0.2) is 0 Å². The molecule has 24 N–H and O–H groups in total. The van der Waals surface area contributed by atoms with Gasteiger partial charge in [-0.05, 0) is 103 Å². The largest absolute Gasteiger partial charge is 0.481 e. The lowest BCUT2D eigenvalue weighted by Crippen LogP contribution is -2.63. The Bertz CT molecular complexity index is 2800. The minimum Gasteiger partial charge on any atom is -0.481 e. The Balaban J connectivity index is 6.37. The predicted molar refractivity (Wildman–Crippen MR) is 353 cm³/mol. The number of aliphatic hydroxyl groups excluding tert-OH is 3. The number of aliphatic carboxylic acids is 2. The minimum atomic E-state index is -1.94. The number of primary amides is 2. The van der Waals surface area contributed by atoms with E-state index in [2.05, 4.69) is 69.1 Å². The van der Waals surface area contributed by atoms with E-state index in [1.807, 2.05) is 0 Å².